The normalized spacial score (nSPS) is 24.9. The molecule has 0 aromatic heterocycles. The minimum absolute atomic E-state index is 0.00493. The van der Waals surface area contributed by atoms with Gasteiger partial charge in [0.25, 0.3) is 5.91 Å². The predicted molar refractivity (Wildman–Crippen MR) is 54.6 cm³/mol. The average molecular weight is 282 g/mol. The number of hydrogen-bond acceptors (Lipinski definition) is 5. The Labute approximate surface area is 106 Å². The molecule has 1 saturated heterocycles. The van der Waals surface area contributed by atoms with E-state index in [0.717, 1.165) is 17.9 Å². The number of carbonyl (C=O) groups is 2. The maximum atomic E-state index is 12.0. The SMILES string of the molecule is O=C(NC1CC1)C1CN(OC(=O)C(F)(F)F)CCO1. The van der Waals surface area contributed by atoms with Crippen LogP contribution in [-0.2, 0) is 19.2 Å². The Hall–Kier alpha value is -1.35. The molecule has 0 bridgehead atoms. The number of nitrogens with zero attached hydrogens (tertiary/aromatic N) is 1. The van der Waals surface area contributed by atoms with Gasteiger partial charge in [-0.25, -0.2) is 4.79 Å². The molecule has 2 aliphatic rings. The number of rotatable bonds is 3. The van der Waals surface area contributed by atoms with Crippen molar-refractivity contribution in [3.63, 3.8) is 0 Å². The van der Waals surface area contributed by atoms with Gasteiger partial charge in [0, 0.05) is 6.04 Å². The molecule has 1 saturated carbocycles. The quantitative estimate of drug-likeness (QED) is 0.788. The van der Waals surface area contributed by atoms with Crippen molar-refractivity contribution in [3.05, 3.63) is 0 Å². The van der Waals surface area contributed by atoms with E-state index < -0.39 is 24.2 Å². The van der Waals surface area contributed by atoms with E-state index in [9.17, 15) is 22.8 Å². The highest BCUT2D eigenvalue weighted by Gasteiger charge is 2.43. The third kappa shape index (κ3) is 4.06. The van der Waals surface area contributed by atoms with Crippen LogP contribution in [-0.4, -0.2) is 55.0 Å². The fourth-order valence-electron chi connectivity index (χ4n) is 1.56. The molecule has 1 amide bonds. The maximum Gasteiger partial charge on any atom is 0.492 e. The molecule has 2 rings (SSSR count). The monoisotopic (exact) mass is 282 g/mol. The number of carbonyl (C=O) groups excluding carboxylic acids is 2. The van der Waals surface area contributed by atoms with Gasteiger partial charge in [-0.2, -0.15) is 13.2 Å². The molecule has 1 unspecified atom stereocenters. The van der Waals surface area contributed by atoms with E-state index >= 15 is 0 Å². The minimum Gasteiger partial charge on any atom is -0.365 e. The van der Waals surface area contributed by atoms with E-state index in [1.54, 1.807) is 0 Å². The van der Waals surface area contributed by atoms with Crippen LogP contribution in [0.1, 0.15) is 12.8 Å². The molecule has 1 N–H and O–H groups in total. The van der Waals surface area contributed by atoms with E-state index in [-0.39, 0.29) is 25.7 Å². The number of hydrogen-bond donors (Lipinski definition) is 1. The topological polar surface area (TPSA) is 67.9 Å². The molecule has 0 spiro atoms. The van der Waals surface area contributed by atoms with Crippen molar-refractivity contribution >= 4 is 11.9 Å². The molecular weight excluding hydrogens is 269 g/mol. The molecule has 2 fully saturated rings. The Balaban J connectivity index is 1.82. The third-order valence-electron chi connectivity index (χ3n) is 2.69. The van der Waals surface area contributed by atoms with Crippen LogP contribution in [0.4, 0.5) is 13.2 Å². The molecular formula is C10H13F3N2O4. The zero-order valence-electron chi connectivity index (χ0n) is 9.90. The van der Waals surface area contributed by atoms with Gasteiger partial charge in [0.2, 0.25) is 0 Å². The first-order chi connectivity index (χ1) is 8.86. The third-order valence-corrected chi connectivity index (χ3v) is 2.69. The van der Waals surface area contributed by atoms with Gasteiger partial charge in [0.05, 0.1) is 19.7 Å². The highest BCUT2D eigenvalue weighted by atomic mass is 19.4. The Morgan fingerprint density at radius 1 is 1.32 bits per heavy atom. The van der Waals surface area contributed by atoms with Crippen molar-refractivity contribution < 1.29 is 32.3 Å². The van der Waals surface area contributed by atoms with E-state index in [1.165, 1.54) is 0 Å². The number of morpholine rings is 1. The van der Waals surface area contributed by atoms with Gasteiger partial charge in [-0.15, -0.1) is 5.06 Å². The van der Waals surface area contributed by atoms with Crippen molar-refractivity contribution in [1.82, 2.24) is 10.4 Å². The molecule has 0 radical (unpaired) electrons. The average Bonchev–Trinajstić information content (AvgIpc) is 3.12. The Morgan fingerprint density at radius 2 is 2.00 bits per heavy atom. The highest BCUT2D eigenvalue weighted by Crippen LogP contribution is 2.20. The largest absolute Gasteiger partial charge is 0.492 e. The number of alkyl halides is 3. The molecule has 0 aromatic carbocycles. The first kappa shape index (κ1) is 14.1. The second-order valence-electron chi connectivity index (χ2n) is 4.41. The molecule has 19 heavy (non-hydrogen) atoms. The van der Waals surface area contributed by atoms with Crippen LogP contribution in [0.5, 0.6) is 0 Å². The van der Waals surface area contributed by atoms with Gasteiger partial charge >= 0.3 is 12.1 Å². The first-order valence-electron chi connectivity index (χ1n) is 5.82. The fourth-order valence-corrected chi connectivity index (χ4v) is 1.56. The summed E-state index contributed by atoms with van der Waals surface area (Å²) in [6.45, 7) is -0.191. The molecule has 1 aliphatic carbocycles. The van der Waals surface area contributed by atoms with Gasteiger partial charge in [-0.3, -0.25) is 4.79 Å². The van der Waals surface area contributed by atoms with Crippen molar-refractivity contribution in [3.8, 4) is 0 Å². The molecule has 9 heteroatoms. The Morgan fingerprint density at radius 3 is 2.58 bits per heavy atom. The van der Waals surface area contributed by atoms with Gasteiger partial charge in [0.1, 0.15) is 0 Å². The lowest BCUT2D eigenvalue weighted by Gasteiger charge is -2.30. The van der Waals surface area contributed by atoms with Crippen molar-refractivity contribution in [2.24, 2.45) is 0 Å². The molecule has 1 atom stereocenters. The lowest BCUT2D eigenvalue weighted by atomic mass is 10.3. The van der Waals surface area contributed by atoms with Crippen molar-refractivity contribution in [2.75, 3.05) is 19.7 Å². The minimum atomic E-state index is -5.05. The summed E-state index contributed by atoms with van der Waals surface area (Å²) >= 11 is 0. The zero-order valence-corrected chi connectivity index (χ0v) is 9.90. The van der Waals surface area contributed by atoms with Crippen LogP contribution < -0.4 is 5.32 Å². The summed E-state index contributed by atoms with van der Waals surface area (Å²) in [6, 6.07) is 0.129. The Kier molecular flexibility index (Phi) is 3.95. The molecule has 0 aromatic rings. The standard InChI is InChI=1S/C10H13F3N2O4/c11-10(12,13)9(17)19-15-3-4-18-7(5-15)8(16)14-6-1-2-6/h6-7H,1-5H2,(H,14,16). The van der Waals surface area contributed by atoms with Crippen molar-refractivity contribution in [1.29, 1.82) is 0 Å². The molecule has 108 valence electrons. The summed E-state index contributed by atoms with van der Waals surface area (Å²) in [5.74, 6) is -2.69. The number of halogens is 3. The molecule has 1 aliphatic heterocycles. The van der Waals surface area contributed by atoms with E-state index in [1.807, 2.05) is 0 Å². The van der Waals surface area contributed by atoms with E-state index in [0.29, 0.717) is 0 Å². The lowest BCUT2D eigenvalue weighted by Crippen LogP contribution is -2.51. The number of amides is 1. The summed E-state index contributed by atoms with van der Waals surface area (Å²) in [5.41, 5.74) is 0. The summed E-state index contributed by atoms with van der Waals surface area (Å²) in [5, 5.41) is 3.48. The van der Waals surface area contributed by atoms with Crippen molar-refractivity contribution in [2.45, 2.75) is 31.2 Å². The van der Waals surface area contributed by atoms with Gasteiger partial charge < -0.3 is 14.9 Å². The first-order valence-corrected chi connectivity index (χ1v) is 5.82. The van der Waals surface area contributed by atoms with Crippen LogP contribution in [0.25, 0.3) is 0 Å². The predicted octanol–water partition coefficient (Wildman–Crippen LogP) is -0.0137. The second-order valence-corrected chi connectivity index (χ2v) is 4.41. The number of ether oxygens (including phenoxy) is 1. The number of hydroxylamine groups is 2. The van der Waals surface area contributed by atoms with Crippen LogP contribution in [0.2, 0.25) is 0 Å². The maximum absolute atomic E-state index is 12.0. The zero-order chi connectivity index (χ0) is 14.0. The van der Waals surface area contributed by atoms with Gasteiger partial charge in [-0.05, 0) is 12.8 Å². The molecule has 6 nitrogen and oxygen atoms in total. The van der Waals surface area contributed by atoms with Crippen LogP contribution in [0.15, 0.2) is 0 Å². The van der Waals surface area contributed by atoms with Crippen LogP contribution in [0, 0.1) is 0 Å². The fraction of sp³-hybridized carbons (Fsp3) is 0.800. The van der Waals surface area contributed by atoms with Crippen LogP contribution in [0.3, 0.4) is 0 Å². The summed E-state index contributed by atoms with van der Waals surface area (Å²) < 4.78 is 41.2. The Bertz CT molecular complexity index is 370. The van der Waals surface area contributed by atoms with Gasteiger partial charge in [-0.1, -0.05) is 0 Å². The smallest absolute Gasteiger partial charge is 0.365 e. The van der Waals surface area contributed by atoms with E-state index in [2.05, 4.69) is 10.2 Å². The second kappa shape index (κ2) is 5.33. The van der Waals surface area contributed by atoms with E-state index in [4.69, 9.17) is 4.74 Å². The summed E-state index contributed by atoms with van der Waals surface area (Å²) in [7, 11) is 0. The molecule has 1 heterocycles. The number of nitrogens with one attached hydrogen (secondary N) is 1. The lowest BCUT2D eigenvalue weighted by molar-refractivity contribution is -0.252. The summed E-state index contributed by atoms with van der Waals surface area (Å²) in [6.07, 6.45) is -4.18. The summed E-state index contributed by atoms with van der Waals surface area (Å²) in [4.78, 5) is 26.5. The highest BCUT2D eigenvalue weighted by molar-refractivity contribution is 5.81. The van der Waals surface area contributed by atoms with Gasteiger partial charge in [0.15, 0.2) is 6.10 Å². The van der Waals surface area contributed by atoms with Crippen LogP contribution >= 0.6 is 0 Å².